The molecule has 2 aliphatic carbocycles. The van der Waals surface area contributed by atoms with Crippen LogP contribution in [0.2, 0.25) is 0 Å². The molecule has 126 valence electrons. The molecule has 0 bridgehead atoms. The van der Waals surface area contributed by atoms with Crippen molar-refractivity contribution in [3.8, 4) is 0 Å². The summed E-state index contributed by atoms with van der Waals surface area (Å²) in [5.74, 6) is -1.58. The topological polar surface area (TPSA) is 57.6 Å². The van der Waals surface area contributed by atoms with Crippen LogP contribution < -0.4 is 0 Å². The van der Waals surface area contributed by atoms with E-state index in [-0.39, 0.29) is 18.2 Å². The lowest BCUT2D eigenvalue weighted by atomic mass is 9.70. The Morgan fingerprint density at radius 2 is 1.83 bits per heavy atom. The van der Waals surface area contributed by atoms with Gasteiger partial charge in [0.25, 0.3) is 0 Å². The first kappa shape index (κ1) is 16.2. The molecular formula is C16H18F3NO3. The molecule has 0 aromatic heterocycles. The van der Waals surface area contributed by atoms with Crippen molar-refractivity contribution in [1.82, 2.24) is 4.90 Å². The monoisotopic (exact) mass is 329 g/mol. The Morgan fingerprint density at radius 1 is 1.22 bits per heavy atom. The fourth-order valence-electron chi connectivity index (χ4n) is 3.73. The molecule has 2 atom stereocenters. The van der Waals surface area contributed by atoms with Crippen molar-refractivity contribution in [2.45, 2.75) is 38.5 Å². The van der Waals surface area contributed by atoms with Crippen molar-refractivity contribution in [3.05, 3.63) is 23.4 Å². The van der Waals surface area contributed by atoms with Crippen LogP contribution in [0.3, 0.4) is 0 Å². The van der Waals surface area contributed by atoms with E-state index in [0.717, 1.165) is 5.57 Å². The fraction of sp³-hybridized carbons (Fsp3) is 0.625. The van der Waals surface area contributed by atoms with E-state index in [1.165, 1.54) is 11.0 Å². The maximum atomic E-state index is 12.7. The molecule has 0 aromatic carbocycles. The number of nitrogens with zero attached hydrogens (tertiary/aromatic N) is 1. The molecule has 0 spiro atoms. The summed E-state index contributed by atoms with van der Waals surface area (Å²) >= 11 is 0. The molecule has 3 rings (SSSR count). The van der Waals surface area contributed by atoms with Crippen LogP contribution in [-0.2, 0) is 9.59 Å². The lowest BCUT2D eigenvalue weighted by Crippen LogP contribution is -2.57. The average Bonchev–Trinajstić information content (AvgIpc) is 2.65. The molecule has 2 unspecified atom stereocenters. The van der Waals surface area contributed by atoms with Gasteiger partial charge in [0.15, 0.2) is 11.4 Å². The van der Waals surface area contributed by atoms with Gasteiger partial charge in [-0.2, -0.15) is 13.2 Å². The number of hydrogen-bond acceptors (Lipinski definition) is 3. The highest BCUT2D eigenvalue weighted by molar-refractivity contribution is 5.99. The standard InChI is InChI=1S/C16H18F3NO3/c1-8-11-3-4-12(21)9(2)13(11)20(14(8)22)7-10-5-15(23,6-10)16(17,18)19/h3-4,8-10,23H,5-7H2,1-2H3. The van der Waals surface area contributed by atoms with E-state index in [0.29, 0.717) is 5.70 Å². The van der Waals surface area contributed by atoms with E-state index in [2.05, 4.69) is 0 Å². The summed E-state index contributed by atoms with van der Waals surface area (Å²) in [5, 5.41) is 9.53. The summed E-state index contributed by atoms with van der Waals surface area (Å²) in [5.41, 5.74) is -1.26. The van der Waals surface area contributed by atoms with Gasteiger partial charge in [-0.15, -0.1) is 0 Å². The molecule has 23 heavy (non-hydrogen) atoms. The lowest BCUT2D eigenvalue weighted by molar-refractivity contribution is -0.299. The maximum Gasteiger partial charge on any atom is 0.417 e. The van der Waals surface area contributed by atoms with E-state index in [1.54, 1.807) is 19.9 Å². The second kappa shape index (κ2) is 4.93. The van der Waals surface area contributed by atoms with Crippen LogP contribution >= 0.6 is 0 Å². The van der Waals surface area contributed by atoms with Crippen LogP contribution in [0.4, 0.5) is 13.2 Å². The predicted molar refractivity (Wildman–Crippen MR) is 74.9 cm³/mol. The van der Waals surface area contributed by atoms with Crippen molar-refractivity contribution in [3.63, 3.8) is 0 Å². The van der Waals surface area contributed by atoms with Gasteiger partial charge >= 0.3 is 6.18 Å². The Morgan fingerprint density at radius 3 is 2.39 bits per heavy atom. The average molecular weight is 329 g/mol. The first-order valence-electron chi connectivity index (χ1n) is 7.61. The molecule has 0 aromatic rings. The Balaban J connectivity index is 1.77. The van der Waals surface area contributed by atoms with Crippen molar-refractivity contribution in [1.29, 1.82) is 0 Å². The summed E-state index contributed by atoms with van der Waals surface area (Å²) in [6.07, 6.45) is -2.38. The molecule has 1 saturated carbocycles. The predicted octanol–water partition coefficient (Wildman–Crippen LogP) is 2.20. The highest BCUT2D eigenvalue weighted by Crippen LogP contribution is 2.50. The zero-order chi connectivity index (χ0) is 17.2. The molecule has 1 aliphatic heterocycles. The number of alkyl halides is 3. The summed E-state index contributed by atoms with van der Waals surface area (Å²) in [6.45, 7) is 3.55. The third kappa shape index (κ3) is 2.33. The number of hydrogen-bond donors (Lipinski definition) is 1. The molecule has 1 heterocycles. The van der Waals surface area contributed by atoms with Crippen LogP contribution in [0.25, 0.3) is 0 Å². The van der Waals surface area contributed by atoms with E-state index in [9.17, 15) is 27.9 Å². The highest BCUT2D eigenvalue weighted by atomic mass is 19.4. The van der Waals surface area contributed by atoms with Gasteiger partial charge < -0.3 is 10.0 Å². The molecule has 1 N–H and O–H groups in total. The smallest absolute Gasteiger partial charge is 0.380 e. The molecule has 0 radical (unpaired) electrons. The summed E-state index contributed by atoms with van der Waals surface area (Å²) < 4.78 is 38.1. The van der Waals surface area contributed by atoms with E-state index in [4.69, 9.17) is 0 Å². The van der Waals surface area contributed by atoms with Crippen LogP contribution in [0.1, 0.15) is 26.7 Å². The minimum atomic E-state index is -4.65. The maximum absolute atomic E-state index is 12.7. The third-order valence-electron chi connectivity index (χ3n) is 5.17. The number of allylic oxidation sites excluding steroid dienone is 3. The van der Waals surface area contributed by atoms with Crippen molar-refractivity contribution in [2.24, 2.45) is 17.8 Å². The zero-order valence-corrected chi connectivity index (χ0v) is 12.9. The zero-order valence-electron chi connectivity index (χ0n) is 12.9. The minimum Gasteiger partial charge on any atom is -0.380 e. The van der Waals surface area contributed by atoms with Crippen molar-refractivity contribution >= 4 is 11.7 Å². The van der Waals surface area contributed by atoms with Crippen molar-refractivity contribution in [2.75, 3.05) is 6.54 Å². The number of carbonyl (C=O) groups is 2. The number of aliphatic hydroxyl groups is 1. The molecule has 4 nitrogen and oxygen atoms in total. The van der Waals surface area contributed by atoms with Gasteiger partial charge in [-0.25, -0.2) is 0 Å². The van der Waals surface area contributed by atoms with E-state index >= 15 is 0 Å². The largest absolute Gasteiger partial charge is 0.417 e. The van der Waals surface area contributed by atoms with Crippen LogP contribution in [0.5, 0.6) is 0 Å². The van der Waals surface area contributed by atoms with Gasteiger partial charge in [0.1, 0.15) is 0 Å². The van der Waals surface area contributed by atoms with Gasteiger partial charge in [-0.1, -0.05) is 6.08 Å². The quantitative estimate of drug-likeness (QED) is 0.845. The van der Waals surface area contributed by atoms with Crippen LogP contribution in [-0.4, -0.2) is 40.0 Å². The van der Waals surface area contributed by atoms with Crippen molar-refractivity contribution < 1.29 is 27.9 Å². The number of ketones is 1. The van der Waals surface area contributed by atoms with E-state index in [1.807, 2.05) is 0 Å². The molecule has 0 saturated heterocycles. The lowest BCUT2D eigenvalue weighted by Gasteiger charge is -2.46. The molecule has 7 heteroatoms. The Labute approximate surface area is 131 Å². The van der Waals surface area contributed by atoms with Gasteiger partial charge in [0.2, 0.25) is 5.91 Å². The first-order chi connectivity index (χ1) is 10.5. The number of halogens is 3. The molecule has 3 aliphatic rings. The summed E-state index contributed by atoms with van der Waals surface area (Å²) in [7, 11) is 0. The van der Waals surface area contributed by atoms with Gasteiger partial charge in [0, 0.05) is 12.2 Å². The van der Waals surface area contributed by atoms with Crippen LogP contribution in [0.15, 0.2) is 23.4 Å². The second-order valence-corrected chi connectivity index (χ2v) is 6.77. The minimum absolute atomic E-state index is 0.115. The highest BCUT2D eigenvalue weighted by Gasteiger charge is 2.61. The van der Waals surface area contributed by atoms with Crippen LogP contribution in [0, 0.1) is 17.8 Å². The second-order valence-electron chi connectivity index (χ2n) is 6.77. The molecular weight excluding hydrogens is 311 g/mol. The third-order valence-corrected chi connectivity index (χ3v) is 5.17. The Hall–Kier alpha value is -1.63. The number of carbonyl (C=O) groups excluding carboxylic acids is 2. The van der Waals surface area contributed by atoms with Gasteiger partial charge in [0.05, 0.1) is 11.8 Å². The first-order valence-corrected chi connectivity index (χ1v) is 7.61. The Kier molecular flexibility index (Phi) is 3.48. The fourth-order valence-corrected chi connectivity index (χ4v) is 3.73. The molecule has 1 amide bonds. The summed E-state index contributed by atoms with van der Waals surface area (Å²) in [4.78, 5) is 25.7. The van der Waals surface area contributed by atoms with Gasteiger partial charge in [-0.05, 0) is 44.3 Å². The van der Waals surface area contributed by atoms with E-state index < -0.39 is 42.4 Å². The number of amides is 1. The number of rotatable bonds is 2. The normalized spacial score (nSPS) is 37.3. The summed E-state index contributed by atoms with van der Waals surface area (Å²) in [6, 6.07) is 0. The Bertz CT molecular complexity index is 629. The molecule has 1 fully saturated rings. The SMILES string of the molecule is CC1C(=O)N(CC2CC(O)(C(F)(F)F)C2)C2=C1C=CC(=O)C2C. The van der Waals surface area contributed by atoms with Gasteiger partial charge in [-0.3, -0.25) is 9.59 Å².